The summed E-state index contributed by atoms with van der Waals surface area (Å²) < 4.78 is 20.2. The maximum Gasteiger partial charge on any atom is 0.414 e. The molecule has 3 aromatic carbocycles. The Kier molecular flexibility index (Phi) is 7.00. The molecule has 0 bridgehead atoms. The number of carbonyl (C=O) groups excluding carboxylic acids is 2. The number of halogens is 1. The minimum absolute atomic E-state index is 0.196. The molecule has 2 N–H and O–H groups in total. The van der Waals surface area contributed by atoms with Gasteiger partial charge in [0.2, 0.25) is 5.91 Å². The molecule has 0 aromatic heterocycles. The minimum atomic E-state index is -0.551. The first-order valence-corrected chi connectivity index (χ1v) is 10.9. The maximum atomic E-state index is 14.9. The van der Waals surface area contributed by atoms with Crippen molar-refractivity contribution < 1.29 is 18.7 Å². The first-order valence-electron chi connectivity index (χ1n) is 10.9. The molecular formula is C26H26FN3O3. The van der Waals surface area contributed by atoms with Gasteiger partial charge in [-0.3, -0.25) is 9.69 Å². The summed E-state index contributed by atoms with van der Waals surface area (Å²) in [7, 11) is 0. The Morgan fingerprint density at radius 3 is 2.39 bits per heavy atom. The van der Waals surface area contributed by atoms with Gasteiger partial charge in [0.15, 0.2) is 0 Å². The Hall–Kier alpha value is -3.71. The van der Waals surface area contributed by atoms with E-state index in [4.69, 9.17) is 4.74 Å². The molecule has 7 heteroatoms. The zero-order valence-electron chi connectivity index (χ0n) is 18.4. The first-order chi connectivity index (χ1) is 16.0. The number of nitrogens with one attached hydrogen (secondary N) is 2. The summed E-state index contributed by atoms with van der Waals surface area (Å²) >= 11 is 0. The number of carbonyl (C=O) groups is 2. The number of benzene rings is 3. The van der Waals surface area contributed by atoms with Crippen LogP contribution in [0.4, 0.5) is 14.9 Å². The number of rotatable bonds is 8. The molecule has 0 aliphatic carbocycles. The Labute approximate surface area is 192 Å². The average Bonchev–Trinajstić information content (AvgIpc) is 3.19. The lowest BCUT2D eigenvalue weighted by atomic mass is 10.0. The van der Waals surface area contributed by atoms with Crippen molar-refractivity contribution in [1.29, 1.82) is 0 Å². The van der Waals surface area contributed by atoms with Crippen molar-refractivity contribution in [3.8, 4) is 11.1 Å². The first kappa shape index (κ1) is 22.5. The zero-order valence-corrected chi connectivity index (χ0v) is 18.4. The fourth-order valence-corrected chi connectivity index (χ4v) is 3.75. The highest BCUT2D eigenvalue weighted by Crippen LogP contribution is 2.29. The molecular weight excluding hydrogens is 421 g/mol. The van der Waals surface area contributed by atoms with E-state index in [1.165, 1.54) is 23.5 Å². The third-order valence-corrected chi connectivity index (χ3v) is 5.48. The molecule has 1 aliphatic heterocycles. The van der Waals surface area contributed by atoms with E-state index in [2.05, 4.69) is 22.8 Å². The number of amides is 2. The zero-order chi connectivity index (χ0) is 23.2. The molecule has 33 heavy (non-hydrogen) atoms. The summed E-state index contributed by atoms with van der Waals surface area (Å²) in [5.41, 5.74) is 3.98. The van der Waals surface area contributed by atoms with Gasteiger partial charge in [0, 0.05) is 25.6 Å². The van der Waals surface area contributed by atoms with Crippen molar-refractivity contribution in [3.05, 3.63) is 89.7 Å². The highest BCUT2D eigenvalue weighted by Gasteiger charge is 2.32. The lowest BCUT2D eigenvalue weighted by Crippen LogP contribution is -2.33. The normalized spacial score (nSPS) is 15.4. The van der Waals surface area contributed by atoms with Crippen LogP contribution >= 0.6 is 0 Å². The van der Waals surface area contributed by atoms with Crippen LogP contribution in [0, 0.1) is 5.82 Å². The predicted molar refractivity (Wildman–Crippen MR) is 125 cm³/mol. The van der Waals surface area contributed by atoms with E-state index in [1.54, 1.807) is 12.1 Å². The molecule has 0 radical (unpaired) electrons. The van der Waals surface area contributed by atoms with E-state index in [0.717, 1.165) is 17.7 Å². The van der Waals surface area contributed by atoms with E-state index >= 15 is 0 Å². The van der Waals surface area contributed by atoms with Crippen LogP contribution in [0.5, 0.6) is 0 Å². The second-order valence-corrected chi connectivity index (χ2v) is 8.00. The smallest absolute Gasteiger partial charge is 0.414 e. The number of cyclic esters (lactones) is 1. The largest absolute Gasteiger partial charge is 0.442 e. The molecule has 0 unspecified atom stereocenters. The summed E-state index contributed by atoms with van der Waals surface area (Å²) in [6.45, 7) is 3.38. The van der Waals surface area contributed by atoms with E-state index in [0.29, 0.717) is 17.8 Å². The third-order valence-electron chi connectivity index (χ3n) is 5.48. The van der Waals surface area contributed by atoms with Gasteiger partial charge in [-0.05, 0) is 34.9 Å². The number of nitrogens with zero attached hydrogens (tertiary/aromatic N) is 1. The summed E-state index contributed by atoms with van der Waals surface area (Å²) in [6.07, 6.45) is -1.02. The molecule has 2 amide bonds. The number of anilines is 1. The van der Waals surface area contributed by atoms with Gasteiger partial charge in [-0.25, -0.2) is 9.18 Å². The standard InChI is InChI=1S/C26H26FN3O3/c1-18(31)29-16-23-17-30(26(32)33-23)22-11-12-24(25(27)13-22)21-9-7-20(8-10-21)15-28-14-19-5-3-2-4-6-19/h2-13,23,28H,14-17H2,1H3,(H,29,31)/t23-/m0/s1. The molecule has 1 heterocycles. The van der Waals surface area contributed by atoms with Gasteiger partial charge < -0.3 is 15.4 Å². The van der Waals surface area contributed by atoms with Gasteiger partial charge in [-0.15, -0.1) is 0 Å². The molecule has 1 saturated heterocycles. The van der Waals surface area contributed by atoms with Gasteiger partial charge >= 0.3 is 6.09 Å². The van der Waals surface area contributed by atoms with E-state index < -0.39 is 18.0 Å². The molecule has 1 fully saturated rings. The topological polar surface area (TPSA) is 70.7 Å². The van der Waals surface area contributed by atoms with Crippen molar-refractivity contribution in [2.75, 3.05) is 18.0 Å². The van der Waals surface area contributed by atoms with Crippen LogP contribution in [0.2, 0.25) is 0 Å². The minimum Gasteiger partial charge on any atom is -0.442 e. The molecule has 3 aromatic rings. The number of hydrogen-bond donors (Lipinski definition) is 2. The maximum absolute atomic E-state index is 14.9. The number of hydrogen-bond acceptors (Lipinski definition) is 4. The van der Waals surface area contributed by atoms with Crippen LogP contribution in [0.3, 0.4) is 0 Å². The van der Waals surface area contributed by atoms with Gasteiger partial charge in [0.1, 0.15) is 11.9 Å². The van der Waals surface area contributed by atoms with Crippen LogP contribution in [-0.2, 0) is 22.6 Å². The molecule has 4 rings (SSSR count). The second kappa shape index (κ2) is 10.3. The molecule has 6 nitrogen and oxygen atoms in total. The quantitative estimate of drug-likeness (QED) is 0.542. The number of ether oxygens (including phenoxy) is 1. The summed E-state index contributed by atoms with van der Waals surface area (Å²) in [4.78, 5) is 24.6. The lowest BCUT2D eigenvalue weighted by Gasteiger charge is -2.15. The third kappa shape index (κ3) is 5.75. The molecule has 0 spiro atoms. The van der Waals surface area contributed by atoms with Crippen LogP contribution in [0.1, 0.15) is 18.1 Å². The van der Waals surface area contributed by atoms with Crippen LogP contribution < -0.4 is 15.5 Å². The van der Waals surface area contributed by atoms with Crippen LogP contribution in [-0.4, -0.2) is 31.2 Å². The van der Waals surface area contributed by atoms with Gasteiger partial charge in [-0.2, -0.15) is 0 Å². The Balaban J connectivity index is 1.37. The van der Waals surface area contributed by atoms with Gasteiger partial charge in [0.25, 0.3) is 0 Å². The summed E-state index contributed by atoms with van der Waals surface area (Å²) in [5, 5.41) is 6.03. The molecule has 1 aliphatic rings. The van der Waals surface area contributed by atoms with Crippen molar-refractivity contribution in [1.82, 2.24) is 10.6 Å². The summed E-state index contributed by atoms with van der Waals surface area (Å²) in [6, 6.07) is 22.6. The fourth-order valence-electron chi connectivity index (χ4n) is 3.75. The monoisotopic (exact) mass is 447 g/mol. The molecule has 0 saturated carbocycles. The van der Waals surface area contributed by atoms with Crippen molar-refractivity contribution >= 4 is 17.7 Å². The van der Waals surface area contributed by atoms with Gasteiger partial charge in [-0.1, -0.05) is 54.6 Å². The molecule has 1 atom stereocenters. The van der Waals surface area contributed by atoms with Crippen LogP contribution in [0.15, 0.2) is 72.8 Å². The Morgan fingerprint density at radius 1 is 1.03 bits per heavy atom. The lowest BCUT2D eigenvalue weighted by molar-refractivity contribution is -0.119. The Bertz CT molecular complexity index is 1120. The van der Waals surface area contributed by atoms with Crippen molar-refractivity contribution in [3.63, 3.8) is 0 Å². The van der Waals surface area contributed by atoms with Crippen LogP contribution in [0.25, 0.3) is 11.1 Å². The highest BCUT2D eigenvalue weighted by atomic mass is 19.1. The molecule has 170 valence electrons. The van der Waals surface area contributed by atoms with Crippen molar-refractivity contribution in [2.24, 2.45) is 0 Å². The Morgan fingerprint density at radius 2 is 1.73 bits per heavy atom. The predicted octanol–water partition coefficient (Wildman–Crippen LogP) is 4.24. The van der Waals surface area contributed by atoms with E-state index in [9.17, 15) is 14.0 Å². The van der Waals surface area contributed by atoms with E-state index in [-0.39, 0.29) is 19.0 Å². The van der Waals surface area contributed by atoms with E-state index in [1.807, 2.05) is 42.5 Å². The van der Waals surface area contributed by atoms with Gasteiger partial charge in [0.05, 0.1) is 18.8 Å². The SMILES string of the molecule is CC(=O)NC[C@H]1CN(c2ccc(-c3ccc(CNCc4ccccc4)cc3)c(F)c2)C(=O)O1. The second-order valence-electron chi connectivity index (χ2n) is 8.00. The summed E-state index contributed by atoms with van der Waals surface area (Å²) in [5.74, 6) is -0.613. The highest BCUT2D eigenvalue weighted by molar-refractivity contribution is 5.90. The fraction of sp³-hybridized carbons (Fsp3) is 0.231. The average molecular weight is 448 g/mol. The van der Waals surface area contributed by atoms with Crippen molar-refractivity contribution in [2.45, 2.75) is 26.1 Å².